The number of nitrogens with zero attached hydrogens (tertiary/aromatic N) is 4. The van der Waals surface area contributed by atoms with Gasteiger partial charge in [0, 0.05) is 38.7 Å². The first-order chi connectivity index (χ1) is 15.7. The van der Waals surface area contributed by atoms with Crippen molar-refractivity contribution in [1.29, 1.82) is 0 Å². The molecule has 1 aromatic heterocycles. The summed E-state index contributed by atoms with van der Waals surface area (Å²) >= 11 is 0. The molecule has 1 N–H and O–H groups in total. The molecule has 0 spiro atoms. The topological polar surface area (TPSA) is 79.7 Å². The largest absolute Gasteiger partial charge is 0.450 e. The van der Waals surface area contributed by atoms with E-state index in [2.05, 4.69) is 10.4 Å². The Morgan fingerprint density at radius 1 is 1.12 bits per heavy atom. The maximum absolute atomic E-state index is 13.9. The van der Waals surface area contributed by atoms with E-state index in [-0.39, 0.29) is 50.7 Å². The van der Waals surface area contributed by atoms with E-state index in [0.29, 0.717) is 0 Å². The zero-order valence-electron chi connectivity index (χ0n) is 18.4. The molecule has 1 fully saturated rings. The number of ether oxygens (including phenoxy) is 1. The predicted octanol–water partition coefficient (Wildman–Crippen LogP) is 3.77. The molecule has 4 rings (SSSR count). The van der Waals surface area contributed by atoms with Gasteiger partial charge in [-0.05, 0) is 19.4 Å². The molecule has 1 saturated heterocycles. The third-order valence-electron chi connectivity index (χ3n) is 5.98. The summed E-state index contributed by atoms with van der Waals surface area (Å²) in [5.74, 6) is -0.308. The number of alkyl halides is 3. The lowest BCUT2D eigenvalue weighted by Crippen LogP contribution is -2.50. The number of carbonyl (C=O) groups is 2. The van der Waals surface area contributed by atoms with Gasteiger partial charge in [0.05, 0.1) is 12.6 Å². The molecule has 1 aromatic carbocycles. The summed E-state index contributed by atoms with van der Waals surface area (Å²) in [4.78, 5) is 27.8. The smallest absolute Gasteiger partial charge is 0.410 e. The number of aromatic nitrogens is 2. The lowest BCUT2D eigenvalue weighted by molar-refractivity contribution is -0.173. The van der Waals surface area contributed by atoms with Crippen LogP contribution in [-0.4, -0.2) is 70.5 Å². The second-order valence-electron chi connectivity index (χ2n) is 8.24. The van der Waals surface area contributed by atoms with Gasteiger partial charge in [-0.25, -0.2) is 9.48 Å². The number of piperazine rings is 1. The highest BCUT2D eigenvalue weighted by atomic mass is 19.4. The van der Waals surface area contributed by atoms with E-state index in [9.17, 15) is 22.8 Å². The van der Waals surface area contributed by atoms with Crippen LogP contribution >= 0.6 is 0 Å². The van der Waals surface area contributed by atoms with Gasteiger partial charge < -0.3 is 19.9 Å². The van der Waals surface area contributed by atoms with Crippen molar-refractivity contribution in [2.75, 3.05) is 38.1 Å². The molecular weight excluding hydrogens is 439 g/mol. The Hall–Kier alpha value is -3.24. The number of benzene rings is 1. The van der Waals surface area contributed by atoms with Crippen LogP contribution in [0.25, 0.3) is 0 Å². The maximum atomic E-state index is 13.9. The van der Waals surface area contributed by atoms with Crippen molar-refractivity contribution in [3.8, 4) is 0 Å². The molecule has 178 valence electrons. The van der Waals surface area contributed by atoms with E-state index in [1.807, 2.05) is 31.2 Å². The summed E-state index contributed by atoms with van der Waals surface area (Å²) in [7, 11) is 0. The lowest BCUT2D eigenvalue weighted by Gasteiger charge is -2.33. The van der Waals surface area contributed by atoms with E-state index >= 15 is 0 Å². The van der Waals surface area contributed by atoms with E-state index < -0.39 is 30.3 Å². The molecule has 2 aliphatic rings. The maximum Gasteiger partial charge on any atom is 0.410 e. The second-order valence-corrected chi connectivity index (χ2v) is 8.24. The Bertz CT molecular complexity index is 1010. The number of fused-ring (bicyclic) bond motifs is 1. The Balaban J connectivity index is 1.53. The Kier molecular flexibility index (Phi) is 6.22. The zero-order valence-corrected chi connectivity index (χ0v) is 18.4. The van der Waals surface area contributed by atoms with E-state index in [1.165, 1.54) is 15.9 Å². The average molecular weight is 465 g/mol. The number of carbonyl (C=O) groups excluding carboxylic acids is 2. The van der Waals surface area contributed by atoms with E-state index in [4.69, 9.17) is 4.74 Å². The van der Waals surface area contributed by atoms with E-state index in [1.54, 1.807) is 6.92 Å². The minimum atomic E-state index is -4.52. The first-order valence-corrected chi connectivity index (χ1v) is 10.9. The Morgan fingerprint density at radius 3 is 2.36 bits per heavy atom. The van der Waals surface area contributed by atoms with Crippen molar-refractivity contribution in [2.45, 2.75) is 38.5 Å². The number of rotatable bonds is 3. The quantitative estimate of drug-likeness (QED) is 0.747. The van der Waals surface area contributed by atoms with Crippen LogP contribution < -0.4 is 5.32 Å². The van der Waals surface area contributed by atoms with Crippen LogP contribution in [0.4, 0.5) is 23.8 Å². The number of nitrogens with one attached hydrogen (secondary N) is 1. The van der Waals surface area contributed by atoms with Crippen molar-refractivity contribution in [3.05, 3.63) is 47.2 Å². The summed E-state index contributed by atoms with van der Waals surface area (Å²) in [5.41, 5.74) is 1.70. The van der Waals surface area contributed by atoms with Gasteiger partial charge in [0.15, 0.2) is 11.7 Å². The average Bonchev–Trinajstić information content (AvgIpc) is 3.22. The fourth-order valence-corrected chi connectivity index (χ4v) is 4.16. The normalized spacial score (nSPS) is 20.8. The van der Waals surface area contributed by atoms with Gasteiger partial charge in [-0.1, -0.05) is 29.8 Å². The molecule has 3 heterocycles. The predicted molar refractivity (Wildman–Crippen MR) is 114 cm³/mol. The molecule has 0 unspecified atom stereocenters. The molecule has 11 heteroatoms. The van der Waals surface area contributed by atoms with Crippen LogP contribution in [0.2, 0.25) is 0 Å². The first-order valence-electron chi connectivity index (χ1n) is 10.9. The fraction of sp³-hybridized carbons (Fsp3) is 0.500. The highest BCUT2D eigenvalue weighted by Gasteiger charge is 2.47. The van der Waals surface area contributed by atoms with Crippen molar-refractivity contribution >= 4 is 17.8 Å². The van der Waals surface area contributed by atoms with Crippen molar-refractivity contribution in [1.82, 2.24) is 19.6 Å². The number of amides is 2. The molecule has 33 heavy (non-hydrogen) atoms. The minimum absolute atomic E-state index is 0.0547. The molecule has 0 radical (unpaired) electrons. The molecule has 0 saturated carbocycles. The summed E-state index contributed by atoms with van der Waals surface area (Å²) in [6, 6.07) is 6.30. The van der Waals surface area contributed by atoms with Crippen LogP contribution in [-0.2, 0) is 4.74 Å². The third kappa shape index (κ3) is 4.76. The Morgan fingerprint density at radius 2 is 1.76 bits per heavy atom. The van der Waals surface area contributed by atoms with Crippen LogP contribution in [0.1, 0.15) is 47.0 Å². The summed E-state index contributed by atoms with van der Waals surface area (Å²) in [6.07, 6.45) is -5.19. The van der Waals surface area contributed by atoms with Crippen LogP contribution in [0.3, 0.4) is 0 Å². The first kappa shape index (κ1) is 22.9. The summed E-state index contributed by atoms with van der Waals surface area (Å²) in [6.45, 7) is 4.97. The molecule has 2 aromatic rings. The van der Waals surface area contributed by atoms with Crippen molar-refractivity contribution in [2.24, 2.45) is 0 Å². The van der Waals surface area contributed by atoms with Crippen LogP contribution in [0.15, 0.2) is 30.3 Å². The molecule has 2 aliphatic heterocycles. The Labute approximate surface area is 189 Å². The van der Waals surface area contributed by atoms with Gasteiger partial charge in [-0.15, -0.1) is 0 Å². The minimum Gasteiger partial charge on any atom is -0.450 e. The summed E-state index contributed by atoms with van der Waals surface area (Å²) < 4.78 is 47.5. The second kappa shape index (κ2) is 8.95. The molecule has 0 bridgehead atoms. The lowest BCUT2D eigenvalue weighted by atomic mass is 9.96. The van der Waals surface area contributed by atoms with Gasteiger partial charge in [-0.2, -0.15) is 18.3 Å². The van der Waals surface area contributed by atoms with E-state index in [0.717, 1.165) is 15.8 Å². The van der Waals surface area contributed by atoms with Gasteiger partial charge in [0.1, 0.15) is 5.82 Å². The number of hydrogen-bond donors (Lipinski definition) is 1. The SMILES string of the molecule is CCOC(=O)N1CCN(C(=O)c2cc3n(n2)[C@@H](C(F)(F)F)C[C@@H](c2ccc(C)cc2)N3)CC1. The molecule has 8 nitrogen and oxygen atoms in total. The standard InChI is InChI=1S/C22H26F3N5O3/c1-3-33-21(32)29-10-8-28(9-11-29)20(31)17-13-19-26-16(15-6-4-14(2)5-7-15)12-18(22(23,24)25)30(19)27-17/h4-7,13,16,18,26H,3,8-12H2,1-2H3/t16-,18+/m0/s1. The van der Waals surface area contributed by atoms with Crippen molar-refractivity contribution in [3.63, 3.8) is 0 Å². The molecular formula is C22H26F3N5O3. The molecule has 0 aliphatic carbocycles. The number of aryl methyl sites for hydroxylation is 1. The number of hydrogen-bond acceptors (Lipinski definition) is 5. The van der Waals surface area contributed by atoms with Gasteiger partial charge in [-0.3, -0.25) is 4.79 Å². The van der Waals surface area contributed by atoms with Crippen molar-refractivity contribution < 1.29 is 27.5 Å². The zero-order chi connectivity index (χ0) is 23.8. The third-order valence-corrected chi connectivity index (χ3v) is 5.98. The van der Waals surface area contributed by atoms with Crippen LogP contribution in [0, 0.1) is 6.92 Å². The van der Waals surface area contributed by atoms with Gasteiger partial charge in [0.25, 0.3) is 5.91 Å². The molecule has 2 amide bonds. The summed E-state index contributed by atoms with van der Waals surface area (Å²) in [5, 5.41) is 7.15. The highest BCUT2D eigenvalue weighted by molar-refractivity contribution is 5.93. The van der Waals surface area contributed by atoms with Gasteiger partial charge in [0.2, 0.25) is 0 Å². The van der Waals surface area contributed by atoms with Gasteiger partial charge >= 0.3 is 12.3 Å². The highest BCUT2D eigenvalue weighted by Crippen LogP contribution is 2.43. The van der Waals surface area contributed by atoms with Crippen LogP contribution in [0.5, 0.6) is 0 Å². The fourth-order valence-electron chi connectivity index (χ4n) is 4.16. The monoisotopic (exact) mass is 465 g/mol. The molecule has 2 atom stereocenters. The number of halogens is 3. The number of anilines is 1.